The quantitative estimate of drug-likeness (QED) is 0.657. The number of carboxylic acids is 1. The second-order valence-corrected chi connectivity index (χ2v) is 5.01. The van der Waals surface area contributed by atoms with Gasteiger partial charge in [0.05, 0.1) is 0 Å². The highest BCUT2D eigenvalue weighted by Gasteiger charge is 2.45. The van der Waals surface area contributed by atoms with Gasteiger partial charge < -0.3 is 21.1 Å². The van der Waals surface area contributed by atoms with Crippen LogP contribution < -0.4 is 16.0 Å². The largest absolute Gasteiger partial charge is 0.480 e. The average Bonchev–Trinajstić information content (AvgIpc) is 2.36. The molecule has 6 heteroatoms. The third-order valence-corrected chi connectivity index (χ3v) is 3.60. The molecular formula is C14H19N3O3. The monoisotopic (exact) mass is 277 g/mol. The first kappa shape index (κ1) is 14.3. The molecule has 2 amide bonds. The van der Waals surface area contributed by atoms with Crippen molar-refractivity contribution in [3.8, 4) is 0 Å². The maximum Gasteiger partial charge on any atom is 0.329 e. The highest BCUT2D eigenvalue weighted by molar-refractivity contribution is 5.94. The van der Waals surface area contributed by atoms with Gasteiger partial charge in [0.15, 0.2) is 0 Å². The van der Waals surface area contributed by atoms with Gasteiger partial charge in [0.2, 0.25) is 0 Å². The minimum atomic E-state index is -1.10. The summed E-state index contributed by atoms with van der Waals surface area (Å²) < 4.78 is 0. The van der Waals surface area contributed by atoms with Gasteiger partial charge in [-0.15, -0.1) is 0 Å². The summed E-state index contributed by atoms with van der Waals surface area (Å²) in [5, 5.41) is 17.5. The lowest BCUT2D eigenvalue weighted by molar-refractivity contribution is -0.148. The molecule has 4 N–H and O–H groups in total. The van der Waals surface area contributed by atoms with E-state index in [1.807, 2.05) is 25.2 Å². The van der Waals surface area contributed by atoms with Gasteiger partial charge in [-0.2, -0.15) is 0 Å². The van der Waals surface area contributed by atoms with Crippen molar-refractivity contribution >= 4 is 17.7 Å². The third kappa shape index (κ3) is 2.91. The van der Waals surface area contributed by atoms with Crippen molar-refractivity contribution in [3.05, 3.63) is 29.8 Å². The molecule has 0 unspecified atom stereocenters. The Kier molecular flexibility index (Phi) is 4.24. The van der Waals surface area contributed by atoms with Crippen molar-refractivity contribution in [2.75, 3.05) is 12.4 Å². The summed E-state index contributed by atoms with van der Waals surface area (Å²) in [5.74, 6) is -0.970. The fourth-order valence-corrected chi connectivity index (χ4v) is 2.28. The lowest BCUT2D eigenvalue weighted by Crippen LogP contribution is -2.60. The van der Waals surface area contributed by atoms with E-state index in [1.165, 1.54) is 0 Å². The third-order valence-electron chi connectivity index (χ3n) is 3.60. The Hall–Kier alpha value is -2.08. The highest BCUT2D eigenvalue weighted by atomic mass is 16.4. The Bertz CT molecular complexity index is 512. The molecule has 2 rings (SSSR count). The first-order valence-corrected chi connectivity index (χ1v) is 6.62. The van der Waals surface area contributed by atoms with Crippen LogP contribution in [0.2, 0.25) is 0 Å². The van der Waals surface area contributed by atoms with Crippen molar-refractivity contribution < 1.29 is 14.7 Å². The van der Waals surface area contributed by atoms with E-state index < -0.39 is 17.5 Å². The van der Waals surface area contributed by atoms with Crippen LogP contribution in [0, 0.1) is 0 Å². The Labute approximate surface area is 117 Å². The number of anilines is 1. The van der Waals surface area contributed by atoms with Crippen molar-refractivity contribution in [3.63, 3.8) is 0 Å². The van der Waals surface area contributed by atoms with Gasteiger partial charge in [0.25, 0.3) is 0 Å². The summed E-state index contributed by atoms with van der Waals surface area (Å²) in [5.41, 5.74) is 0.532. The van der Waals surface area contributed by atoms with E-state index in [2.05, 4.69) is 16.0 Å². The van der Waals surface area contributed by atoms with Crippen LogP contribution in [0.5, 0.6) is 0 Å². The molecule has 1 aliphatic carbocycles. The zero-order chi connectivity index (χ0) is 14.6. The van der Waals surface area contributed by atoms with Crippen molar-refractivity contribution in [1.29, 1.82) is 0 Å². The Morgan fingerprint density at radius 2 is 2.00 bits per heavy atom. The van der Waals surface area contributed by atoms with Crippen molar-refractivity contribution in [2.45, 2.75) is 31.3 Å². The molecule has 0 heterocycles. The number of carbonyl (C=O) groups excluding carboxylic acids is 1. The number of hydrogen-bond donors (Lipinski definition) is 4. The molecule has 6 nitrogen and oxygen atoms in total. The van der Waals surface area contributed by atoms with Crippen LogP contribution in [0.25, 0.3) is 0 Å². The molecule has 0 aromatic heterocycles. The number of amides is 2. The summed E-state index contributed by atoms with van der Waals surface area (Å²) in [6.07, 6.45) is 1.78. The van der Waals surface area contributed by atoms with E-state index in [-0.39, 0.29) is 0 Å². The minimum Gasteiger partial charge on any atom is -0.480 e. The molecule has 1 aromatic carbocycles. The minimum absolute atomic E-state index is 0.476. The fraction of sp³-hybridized carbons (Fsp3) is 0.429. The van der Waals surface area contributed by atoms with Crippen LogP contribution >= 0.6 is 0 Å². The van der Waals surface area contributed by atoms with E-state index in [9.17, 15) is 14.7 Å². The van der Waals surface area contributed by atoms with Crippen LogP contribution in [-0.4, -0.2) is 29.7 Å². The molecule has 0 aliphatic heterocycles. The number of carboxylic acid groups (broad SMARTS) is 1. The number of hydrogen-bond acceptors (Lipinski definition) is 3. The Balaban J connectivity index is 2.03. The second-order valence-electron chi connectivity index (χ2n) is 5.01. The zero-order valence-electron chi connectivity index (χ0n) is 11.4. The summed E-state index contributed by atoms with van der Waals surface area (Å²) in [6, 6.07) is 6.93. The predicted molar refractivity (Wildman–Crippen MR) is 75.6 cm³/mol. The second kappa shape index (κ2) is 5.92. The van der Waals surface area contributed by atoms with Gasteiger partial charge in [0, 0.05) is 12.2 Å². The summed E-state index contributed by atoms with van der Waals surface area (Å²) in [7, 11) is 1.82. The van der Waals surface area contributed by atoms with Gasteiger partial charge in [-0.1, -0.05) is 18.2 Å². The number of carbonyl (C=O) groups is 2. The van der Waals surface area contributed by atoms with Crippen LogP contribution in [0.4, 0.5) is 10.5 Å². The maximum atomic E-state index is 12.0. The molecule has 1 aliphatic rings. The number of rotatable bonds is 5. The fourth-order valence-electron chi connectivity index (χ4n) is 2.28. The normalized spacial score (nSPS) is 16.1. The number of para-hydroxylation sites is 1. The van der Waals surface area contributed by atoms with E-state index in [0.717, 1.165) is 12.0 Å². The van der Waals surface area contributed by atoms with Crippen molar-refractivity contribution in [2.24, 2.45) is 0 Å². The molecule has 0 spiro atoms. The maximum absolute atomic E-state index is 12.0. The molecular weight excluding hydrogens is 258 g/mol. The first-order valence-electron chi connectivity index (χ1n) is 6.62. The highest BCUT2D eigenvalue weighted by Crippen LogP contribution is 2.32. The summed E-state index contributed by atoms with van der Waals surface area (Å²) in [4.78, 5) is 23.2. The van der Waals surface area contributed by atoms with Gasteiger partial charge in [0.1, 0.15) is 5.54 Å². The van der Waals surface area contributed by atoms with E-state index in [4.69, 9.17) is 0 Å². The molecule has 0 atom stereocenters. The molecule has 1 fully saturated rings. The lowest BCUT2D eigenvalue weighted by atomic mass is 9.77. The molecule has 1 saturated carbocycles. The SMILES string of the molecule is CNCc1ccccc1NC(=O)NC1(C(=O)O)CCC1. The number of nitrogens with one attached hydrogen (secondary N) is 3. The lowest BCUT2D eigenvalue weighted by Gasteiger charge is -2.38. The number of benzene rings is 1. The molecule has 0 bridgehead atoms. The first-order chi connectivity index (χ1) is 9.57. The van der Waals surface area contributed by atoms with Crippen LogP contribution in [0.3, 0.4) is 0 Å². The molecule has 1 aromatic rings. The van der Waals surface area contributed by atoms with Gasteiger partial charge in [-0.3, -0.25) is 0 Å². The summed E-state index contributed by atoms with van der Waals surface area (Å²) in [6.45, 7) is 0.626. The van der Waals surface area contributed by atoms with E-state index >= 15 is 0 Å². The molecule has 0 saturated heterocycles. The topological polar surface area (TPSA) is 90.5 Å². The van der Waals surface area contributed by atoms with Gasteiger partial charge in [-0.25, -0.2) is 9.59 Å². The Morgan fingerprint density at radius 1 is 1.30 bits per heavy atom. The van der Waals surface area contributed by atoms with Crippen LogP contribution in [-0.2, 0) is 11.3 Å². The molecule has 20 heavy (non-hydrogen) atoms. The van der Waals surface area contributed by atoms with Crippen LogP contribution in [0.15, 0.2) is 24.3 Å². The smallest absolute Gasteiger partial charge is 0.329 e. The van der Waals surface area contributed by atoms with E-state index in [0.29, 0.717) is 25.1 Å². The zero-order valence-corrected chi connectivity index (χ0v) is 11.4. The number of urea groups is 1. The van der Waals surface area contributed by atoms with Gasteiger partial charge >= 0.3 is 12.0 Å². The Morgan fingerprint density at radius 3 is 2.55 bits per heavy atom. The average molecular weight is 277 g/mol. The number of aliphatic carboxylic acids is 1. The van der Waals surface area contributed by atoms with Gasteiger partial charge in [-0.05, 0) is 37.9 Å². The van der Waals surface area contributed by atoms with Crippen molar-refractivity contribution in [1.82, 2.24) is 10.6 Å². The summed E-state index contributed by atoms with van der Waals surface area (Å²) >= 11 is 0. The van der Waals surface area contributed by atoms with E-state index in [1.54, 1.807) is 6.07 Å². The molecule has 108 valence electrons. The predicted octanol–water partition coefficient (Wildman–Crippen LogP) is 1.53. The molecule has 0 radical (unpaired) electrons. The van der Waals surface area contributed by atoms with Crippen LogP contribution in [0.1, 0.15) is 24.8 Å². The standard InChI is InChI=1S/C14H19N3O3/c1-15-9-10-5-2-3-6-11(10)16-13(20)17-14(12(18)19)7-4-8-14/h2-3,5-6,15H,4,7-9H2,1H3,(H,18,19)(H2,16,17,20).